The lowest BCUT2D eigenvalue weighted by Gasteiger charge is -2.46. The Hall–Kier alpha value is -3.26. The minimum atomic E-state index is -0.813. The van der Waals surface area contributed by atoms with Crippen LogP contribution in [0.5, 0.6) is 5.75 Å². The fourth-order valence-electron chi connectivity index (χ4n) is 3.75. The summed E-state index contributed by atoms with van der Waals surface area (Å²) in [7, 11) is 3.91. The maximum atomic E-state index is 13.0. The number of β-lactam (4-membered cyclic amide) rings is 1. The first kappa shape index (κ1) is 24.9. The zero-order valence-electron chi connectivity index (χ0n) is 19.6. The fourth-order valence-corrected chi connectivity index (χ4v) is 4.21. The first-order chi connectivity index (χ1) is 16.7. The average Bonchev–Trinajstić information content (AvgIpc) is 2.83. The number of hydrogen-bond acceptors (Lipinski definition) is 5. The van der Waals surface area contributed by atoms with Crippen molar-refractivity contribution in [3.8, 4) is 5.75 Å². The molecule has 0 spiro atoms. The largest absolute Gasteiger partial charge is 0.476 e. The number of benzene rings is 3. The van der Waals surface area contributed by atoms with Gasteiger partial charge in [0.2, 0.25) is 12.0 Å². The number of rotatable bonds is 8. The highest BCUT2D eigenvalue weighted by Gasteiger charge is 2.51. The molecule has 3 aromatic rings. The van der Waals surface area contributed by atoms with E-state index in [4.69, 9.17) is 27.9 Å². The molecule has 35 heavy (non-hydrogen) atoms. The van der Waals surface area contributed by atoms with Gasteiger partial charge in [0, 0.05) is 30.5 Å². The molecule has 0 radical (unpaired) electrons. The highest BCUT2D eigenvalue weighted by molar-refractivity contribution is 6.35. The van der Waals surface area contributed by atoms with Gasteiger partial charge in [0.05, 0.1) is 11.6 Å². The Morgan fingerprint density at radius 2 is 1.71 bits per heavy atom. The van der Waals surface area contributed by atoms with Crippen LogP contribution in [0.3, 0.4) is 0 Å². The smallest absolute Gasteiger partial charge is 0.281 e. The summed E-state index contributed by atoms with van der Waals surface area (Å²) in [4.78, 5) is 27.5. The van der Waals surface area contributed by atoms with E-state index in [1.165, 1.54) is 5.01 Å². The van der Waals surface area contributed by atoms with Gasteiger partial charge in [0.15, 0.2) is 0 Å². The molecule has 3 aromatic carbocycles. The Labute approximate surface area is 214 Å². The number of anilines is 2. The van der Waals surface area contributed by atoms with Crippen molar-refractivity contribution in [2.45, 2.75) is 19.1 Å². The Morgan fingerprint density at radius 1 is 1.03 bits per heavy atom. The topological polar surface area (TPSA) is 73.9 Å². The van der Waals surface area contributed by atoms with Crippen molar-refractivity contribution in [3.05, 3.63) is 87.9 Å². The van der Waals surface area contributed by atoms with Gasteiger partial charge in [-0.3, -0.25) is 14.6 Å². The molecule has 1 saturated heterocycles. The summed E-state index contributed by atoms with van der Waals surface area (Å²) < 4.78 is 6.00. The number of carbonyl (C=O) groups is 2. The normalized spacial score (nSPS) is 17.1. The zero-order valence-corrected chi connectivity index (χ0v) is 21.1. The molecule has 182 valence electrons. The lowest BCUT2D eigenvalue weighted by Crippen LogP contribution is -2.66. The molecule has 4 rings (SSSR count). The predicted molar refractivity (Wildman–Crippen MR) is 139 cm³/mol. The molecule has 2 unspecified atom stereocenters. The second-order valence-electron chi connectivity index (χ2n) is 8.50. The first-order valence-electron chi connectivity index (χ1n) is 11.0. The van der Waals surface area contributed by atoms with Crippen molar-refractivity contribution in [2.24, 2.45) is 0 Å². The lowest BCUT2D eigenvalue weighted by molar-refractivity contribution is -0.171. The molecule has 2 atom stereocenters. The van der Waals surface area contributed by atoms with Gasteiger partial charge < -0.3 is 15.0 Å². The molecule has 2 amide bonds. The standard InChI is InChI=1S/C26H26Cl2N4O3/c1-16-4-9-19(10-5-16)30-23(33)15-29-32-24(17-6-11-20(12-7-17)31(2)3)25(26(32)34)35-22-13-8-18(27)14-21(22)28/h4-14,24-25,29H,15H2,1-3H3,(H,30,33). The van der Waals surface area contributed by atoms with Gasteiger partial charge in [-0.25, -0.2) is 5.43 Å². The van der Waals surface area contributed by atoms with Crippen LogP contribution in [0.1, 0.15) is 17.2 Å². The van der Waals surface area contributed by atoms with E-state index in [-0.39, 0.29) is 18.4 Å². The molecule has 0 saturated carbocycles. The van der Waals surface area contributed by atoms with E-state index in [9.17, 15) is 9.59 Å². The summed E-state index contributed by atoms with van der Waals surface area (Å²) in [6, 6.07) is 19.7. The minimum Gasteiger partial charge on any atom is -0.476 e. The van der Waals surface area contributed by atoms with Gasteiger partial charge >= 0.3 is 0 Å². The van der Waals surface area contributed by atoms with Crippen molar-refractivity contribution in [3.63, 3.8) is 0 Å². The number of halogens is 2. The lowest BCUT2D eigenvalue weighted by atomic mass is 9.92. The Bertz CT molecular complexity index is 1220. The molecular weight excluding hydrogens is 487 g/mol. The second kappa shape index (κ2) is 10.6. The molecule has 0 aliphatic carbocycles. The summed E-state index contributed by atoms with van der Waals surface area (Å²) >= 11 is 12.3. The van der Waals surface area contributed by atoms with E-state index in [1.54, 1.807) is 18.2 Å². The van der Waals surface area contributed by atoms with Crippen molar-refractivity contribution >= 4 is 46.4 Å². The maximum Gasteiger partial charge on any atom is 0.281 e. The monoisotopic (exact) mass is 512 g/mol. The fraction of sp³-hybridized carbons (Fsp3) is 0.231. The minimum absolute atomic E-state index is 0.0830. The molecule has 2 N–H and O–H groups in total. The zero-order chi connectivity index (χ0) is 25.1. The van der Waals surface area contributed by atoms with E-state index < -0.39 is 12.1 Å². The van der Waals surface area contributed by atoms with Crippen molar-refractivity contribution in [1.82, 2.24) is 10.4 Å². The van der Waals surface area contributed by atoms with Crippen LogP contribution in [0.4, 0.5) is 11.4 Å². The number of nitrogens with one attached hydrogen (secondary N) is 2. The van der Waals surface area contributed by atoms with E-state index >= 15 is 0 Å². The van der Waals surface area contributed by atoms with Crippen LogP contribution in [-0.2, 0) is 9.59 Å². The van der Waals surface area contributed by atoms with Gasteiger partial charge in [0.25, 0.3) is 5.91 Å². The third-order valence-corrected chi connectivity index (χ3v) is 6.22. The number of hydrogen-bond donors (Lipinski definition) is 2. The molecule has 1 fully saturated rings. The number of carbonyl (C=O) groups excluding carboxylic acids is 2. The number of aryl methyl sites for hydroxylation is 1. The molecule has 0 bridgehead atoms. The number of hydrazine groups is 1. The highest BCUT2D eigenvalue weighted by Crippen LogP contribution is 2.39. The highest BCUT2D eigenvalue weighted by atomic mass is 35.5. The van der Waals surface area contributed by atoms with Gasteiger partial charge in [-0.2, -0.15) is 0 Å². The molecule has 1 aliphatic rings. The van der Waals surface area contributed by atoms with Crippen molar-refractivity contribution in [2.75, 3.05) is 30.9 Å². The summed E-state index contributed by atoms with van der Waals surface area (Å²) in [5, 5.41) is 5.03. The van der Waals surface area contributed by atoms with E-state index in [0.717, 1.165) is 16.8 Å². The van der Waals surface area contributed by atoms with Crippen LogP contribution in [0, 0.1) is 6.92 Å². The number of ether oxygens (including phenoxy) is 1. The van der Waals surface area contributed by atoms with Crippen molar-refractivity contribution < 1.29 is 14.3 Å². The van der Waals surface area contributed by atoms with Crippen molar-refractivity contribution in [1.29, 1.82) is 0 Å². The number of nitrogens with zero attached hydrogens (tertiary/aromatic N) is 2. The third kappa shape index (κ3) is 5.70. The second-order valence-corrected chi connectivity index (χ2v) is 9.34. The molecule has 7 nitrogen and oxygen atoms in total. The molecule has 0 aromatic heterocycles. The Morgan fingerprint density at radius 3 is 2.34 bits per heavy atom. The van der Waals surface area contributed by atoms with Gasteiger partial charge in [-0.05, 0) is 55.0 Å². The van der Waals surface area contributed by atoms with Gasteiger partial charge in [-0.1, -0.05) is 53.0 Å². The van der Waals surface area contributed by atoms with E-state index in [1.807, 2.05) is 74.4 Å². The quantitative estimate of drug-likeness (QED) is 0.422. The Kier molecular flexibility index (Phi) is 7.50. The Balaban J connectivity index is 1.50. The van der Waals surface area contributed by atoms with Crippen LogP contribution >= 0.6 is 23.2 Å². The average molecular weight is 513 g/mol. The summed E-state index contributed by atoms with van der Waals surface area (Å²) in [5.74, 6) is -0.213. The van der Waals surface area contributed by atoms with Crippen LogP contribution < -0.4 is 20.4 Å². The predicted octanol–water partition coefficient (Wildman–Crippen LogP) is 4.84. The van der Waals surface area contributed by atoms with Crippen LogP contribution in [-0.4, -0.2) is 43.6 Å². The third-order valence-electron chi connectivity index (χ3n) is 5.69. The van der Waals surface area contributed by atoms with E-state index in [0.29, 0.717) is 21.5 Å². The molecular formula is C26H26Cl2N4O3. The van der Waals surface area contributed by atoms with Crippen LogP contribution in [0.2, 0.25) is 10.0 Å². The van der Waals surface area contributed by atoms with Crippen LogP contribution in [0.25, 0.3) is 0 Å². The first-order valence-corrected chi connectivity index (χ1v) is 11.8. The molecule has 1 heterocycles. The molecule has 9 heteroatoms. The number of amides is 2. The maximum absolute atomic E-state index is 13.0. The van der Waals surface area contributed by atoms with Gasteiger partial charge in [0.1, 0.15) is 11.8 Å². The van der Waals surface area contributed by atoms with Crippen LogP contribution in [0.15, 0.2) is 66.7 Å². The SMILES string of the molecule is Cc1ccc(NC(=O)CNN2C(=O)C(Oc3ccc(Cl)cc3Cl)C2c2ccc(N(C)C)cc2)cc1. The molecule has 1 aliphatic heterocycles. The summed E-state index contributed by atoms with van der Waals surface area (Å²) in [6.45, 7) is 1.89. The van der Waals surface area contributed by atoms with E-state index in [2.05, 4.69) is 10.7 Å². The summed E-state index contributed by atoms with van der Waals surface area (Å²) in [5.41, 5.74) is 6.62. The van der Waals surface area contributed by atoms with Gasteiger partial charge in [-0.15, -0.1) is 0 Å². The summed E-state index contributed by atoms with van der Waals surface area (Å²) in [6.07, 6.45) is -0.813.